The van der Waals surface area contributed by atoms with Gasteiger partial charge in [0, 0.05) is 6.54 Å². The molecule has 4 heteroatoms. The van der Waals surface area contributed by atoms with E-state index in [0.717, 1.165) is 11.1 Å². The number of ether oxygens (including phenoxy) is 1. The average Bonchev–Trinajstić information content (AvgIpc) is 2.64. The molecule has 0 unspecified atom stereocenters. The number of nitrogens with zero attached hydrogens (tertiary/aromatic N) is 1. The number of hydrogen-bond acceptors (Lipinski definition) is 3. The van der Waals surface area contributed by atoms with Crippen molar-refractivity contribution in [1.82, 2.24) is 4.90 Å². The van der Waals surface area contributed by atoms with Crippen LogP contribution in [0.5, 0.6) is 0 Å². The Morgan fingerprint density at radius 3 is 2.21 bits per heavy atom. The van der Waals surface area contributed by atoms with E-state index in [1.807, 2.05) is 60.7 Å². The molecule has 126 valence electrons. The van der Waals surface area contributed by atoms with Gasteiger partial charge in [-0.05, 0) is 18.1 Å². The quantitative estimate of drug-likeness (QED) is 0.789. The number of benzene rings is 2. The van der Waals surface area contributed by atoms with Crippen molar-refractivity contribution in [2.24, 2.45) is 0 Å². The van der Waals surface area contributed by atoms with E-state index in [4.69, 9.17) is 4.74 Å². The van der Waals surface area contributed by atoms with Gasteiger partial charge in [0.05, 0.1) is 12.1 Å². The van der Waals surface area contributed by atoms with Crippen LogP contribution >= 0.6 is 0 Å². The Labute approximate surface area is 143 Å². The zero-order valence-electron chi connectivity index (χ0n) is 13.8. The van der Waals surface area contributed by atoms with Crippen molar-refractivity contribution >= 4 is 6.09 Å². The van der Waals surface area contributed by atoms with Crippen molar-refractivity contribution in [3.8, 4) is 0 Å². The number of hydrogen-bond donors (Lipinski definition) is 1. The van der Waals surface area contributed by atoms with Gasteiger partial charge in [-0.15, -0.1) is 6.58 Å². The molecule has 2 atom stereocenters. The van der Waals surface area contributed by atoms with Crippen LogP contribution in [0.2, 0.25) is 0 Å². The fourth-order valence-corrected chi connectivity index (χ4v) is 2.34. The third-order valence-corrected chi connectivity index (χ3v) is 3.86. The van der Waals surface area contributed by atoms with Crippen molar-refractivity contribution < 1.29 is 14.6 Å². The highest BCUT2D eigenvalue weighted by molar-refractivity contribution is 5.68. The maximum absolute atomic E-state index is 12.5. The van der Waals surface area contributed by atoms with Gasteiger partial charge in [0.25, 0.3) is 0 Å². The first-order valence-electron chi connectivity index (χ1n) is 7.93. The monoisotopic (exact) mass is 325 g/mol. The lowest BCUT2D eigenvalue weighted by atomic mass is 10.1. The van der Waals surface area contributed by atoms with Gasteiger partial charge >= 0.3 is 6.09 Å². The van der Waals surface area contributed by atoms with E-state index in [1.165, 1.54) is 11.0 Å². The van der Waals surface area contributed by atoms with E-state index in [9.17, 15) is 9.90 Å². The lowest BCUT2D eigenvalue weighted by Crippen LogP contribution is -2.44. The summed E-state index contributed by atoms with van der Waals surface area (Å²) in [4.78, 5) is 14.1. The van der Waals surface area contributed by atoms with Crippen LogP contribution < -0.4 is 0 Å². The number of aliphatic hydroxyl groups is 1. The van der Waals surface area contributed by atoms with E-state index in [0.29, 0.717) is 6.54 Å². The molecule has 0 aromatic heterocycles. The lowest BCUT2D eigenvalue weighted by molar-refractivity contribution is 0.0488. The molecule has 1 amide bonds. The lowest BCUT2D eigenvalue weighted by Gasteiger charge is -2.30. The fourth-order valence-electron chi connectivity index (χ4n) is 2.34. The molecule has 2 aromatic rings. The molecule has 4 nitrogen and oxygen atoms in total. The molecule has 0 saturated carbocycles. The summed E-state index contributed by atoms with van der Waals surface area (Å²) >= 11 is 0. The van der Waals surface area contributed by atoms with Crippen molar-refractivity contribution in [2.75, 3.05) is 0 Å². The molecule has 0 saturated heterocycles. The first kappa shape index (κ1) is 17.8. The number of carbonyl (C=O) groups is 1. The predicted octanol–water partition coefficient (Wildman–Crippen LogP) is 3.76. The summed E-state index contributed by atoms with van der Waals surface area (Å²) in [5.74, 6) is 0. The molecule has 1 N–H and O–H groups in total. The second-order valence-corrected chi connectivity index (χ2v) is 5.62. The zero-order chi connectivity index (χ0) is 17.4. The van der Waals surface area contributed by atoms with E-state index in [2.05, 4.69) is 6.58 Å². The molecule has 0 aliphatic carbocycles. The second-order valence-electron chi connectivity index (χ2n) is 5.62. The Morgan fingerprint density at radius 2 is 1.67 bits per heavy atom. The van der Waals surface area contributed by atoms with Crippen LogP contribution in [0.15, 0.2) is 73.3 Å². The van der Waals surface area contributed by atoms with Gasteiger partial charge in [0.2, 0.25) is 0 Å². The molecule has 0 radical (unpaired) electrons. The van der Waals surface area contributed by atoms with Crippen LogP contribution in [0.25, 0.3) is 0 Å². The number of rotatable bonds is 7. The minimum absolute atomic E-state index is 0.196. The summed E-state index contributed by atoms with van der Waals surface area (Å²) in [5.41, 5.74) is 1.89. The standard InChI is InChI=1S/C20H23NO3/c1-3-19(22)16(2)21(14-17-10-6-4-7-11-17)20(23)24-15-18-12-8-5-9-13-18/h3-13,16,19,22H,1,14-15H2,2H3/t16-,19-/m0/s1. The van der Waals surface area contributed by atoms with Gasteiger partial charge < -0.3 is 9.84 Å². The molecule has 0 heterocycles. The third-order valence-electron chi connectivity index (χ3n) is 3.86. The van der Waals surface area contributed by atoms with Crippen LogP contribution in [0.4, 0.5) is 4.79 Å². The smallest absolute Gasteiger partial charge is 0.410 e. The van der Waals surface area contributed by atoms with Crippen LogP contribution in [-0.2, 0) is 17.9 Å². The maximum Gasteiger partial charge on any atom is 0.410 e. The molecule has 24 heavy (non-hydrogen) atoms. The highest BCUT2D eigenvalue weighted by Crippen LogP contribution is 2.14. The molecular weight excluding hydrogens is 302 g/mol. The summed E-state index contributed by atoms with van der Waals surface area (Å²) < 4.78 is 5.42. The first-order chi connectivity index (χ1) is 11.6. The van der Waals surface area contributed by atoms with Crippen molar-refractivity contribution in [3.05, 3.63) is 84.4 Å². The molecular formula is C20H23NO3. The van der Waals surface area contributed by atoms with Crippen molar-refractivity contribution in [2.45, 2.75) is 32.2 Å². The molecule has 2 aromatic carbocycles. The highest BCUT2D eigenvalue weighted by Gasteiger charge is 2.26. The summed E-state index contributed by atoms with van der Waals surface area (Å²) in [5, 5.41) is 10.0. The molecule has 0 bridgehead atoms. The van der Waals surface area contributed by atoms with E-state index >= 15 is 0 Å². The van der Waals surface area contributed by atoms with Gasteiger partial charge in [0.1, 0.15) is 6.61 Å². The molecule has 2 rings (SSSR count). The van der Waals surface area contributed by atoms with Crippen LogP contribution in [0, 0.1) is 0 Å². The van der Waals surface area contributed by atoms with Gasteiger partial charge in [-0.3, -0.25) is 4.90 Å². The van der Waals surface area contributed by atoms with Crippen LogP contribution in [0.1, 0.15) is 18.1 Å². The maximum atomic E-state index is 12.5. The Bertz CT molecular complexity index is 642. The third kappa shape index (κ3) is 4.96. The van der Waals surface area contributed by atoms with Crippen molar-refractivity contribution in [1.29, 1.82) is 0 Å². The Kier molecular flexibility index (Phi) is 6.58. The number of carbonyl (C=O) groups excluding carboxylic acids is 1. The molecule has 0 aliphatic rings. The topological polar surface area (TPSA) is 49.8 Å². The minimum atomic E-state index is -0.821. The Balaban J connectivity index is 2.08. The average molecular weight is 325 g/mol. The fraction of sp³-hybridized carbons (Fsp3) is 0.250. The van der Waals surface area contributed by atoms with Gasteiger partial charge in [-0.2, -0.15) is 0 Å². The summed E-state index contributed by atoms with van der Waals surface area (Å²) in [7, 11) is 0. The Morgan fingerprint density at radius 1 is 1.12 bits per heavy atom. The summed E-state index contributed by atoms with van der Waals surface area (Å²) in [6.45, 7) is 5.93. The normalized spacial score (nSPS) is 12.9. The molecule has 0 fully saturated rings. The van der Waals surface area contributed by atoms with E-state index in [1.54, 1.807) is 6.92 Å². The summed E-state index contributed by atoms with van der Waals surface area (Å²) in [6, 6.07) is 18.7. The predicted molar refractivity (Wildman–Crippen MR) is 94.3 cm³/mol. The van der Waals surface area contributed by atoms with Crippen molar-refractivity contribution in [3.63, 3.8) is 0 Å². The zero-order valence-corrected chi connectivity index (χ0v) is 13.8. The Hall–Kier alpha value is -2.59. The molecule has 0 aliphatic heterocycles. The van der Waals surface area contributed by atoms with Crippen LogP contribution in [0.3, 0.4) is 0 Å². The van der Waals surface area contributed by atoms with Gasteiger partial charge in [0.15, 0.2) is 0 Å². The van der Waals surface area contributed by atoms with E-state index < -0.39 is 18.2 Å². The molecule has 0 spiro atoms. The highest BCUT2D eigenvalue weighted by atomic mass is 16.6. The largest absolute Gasteiger partial charge is 0.445 e. The van der Waals surface area contributed by atoms with Gasteiger partial charge in [-0.1, -0.05) is 66.7 Å². The first-order valence-corrected chi connectivity index (χ1v) is 7.93. The minimum Gasteiger partial charge on any atom is -0.445 e. The number of aliphatic hydroxyl groups excluding tert-OH is 1. The number of amides is 1. The SMILES string of the molecule is C=C[C@H](O)[C@H](C)N(Cc1ccccc1)C(=O)OCc1ccccc1. The van der Waals surface area contributed by atoms with E-state index in [-0.39, 0.29) is 6.61 Å². The summed E-state index contributed by atoms with van der Waals surface area (Å²) in [6.07, 6.45) is 0.140. The van der Waals surface area contributed by atoms with Crippen LogP contribution in [-0.4, -0.2) is 28.2 Å². The van der Waals surface area contributed by atoms with Gasteiger partial charge in [-0.25, -0.2) is 4.79 Å². The second kappa shape index (κ2) is 8.89.